The molecule has 19 heavy (non-hydrogen) atoms. The van der Waals surface area contributed by atoms with Crippen molar-refractivity contribution >= 4 is 33.2 Å². The lowest BCUT2D eigenvalue weighted by Gasteiger charge is -2.14. The van der Waals surface area contributed by atoms with Crippen LogP contribution in [0.15, 0.2) is 28.7 Å². The molecule has 0 saturated heterocycles. The van der Waals surface area contributed by atoms with E-state index in [0.717, 1.165) is 43.4 Å². The molecule has 0 heterocycles. The molecule has 2 rings (SSSR count). The first kappa shape index (κ1) is 14.2. The van der Waals surface area contributed by atoms with Crippen LogP contribution in [0, 0.1) is 20.8 Å². The number of anilines is 1. The molecule has 0 aromatic heterocycles. The zero-order valence-electron chi connectivity index (χ0n) is 11.1. The third-order valence-electron chi connectivity index (χ3n) is 2.96. The van der Waals surface area contributed by atoms with E-state index in [1.807, 2.05) is 45.0 Å². The molecule has 0 saturated carbocycles. The van der Waals surface area contributed by atoms with Gasteiger partial charge in [-0.2, -0.15) is 0 Å². The largest absolute Gasteiger partial charge is 0.456 e. The molecule has 0 radical (unpaired) electrons. The number of halogens is 2. The first-order valence-electron chi connectivity index (χ1n) is 5.88. The second-order valence-corrected chi connectivity index (χ2v) is 5.90. The number of rotatable bonds is 2. The van der Waals surface area contributed by atoms with Crippen LogP contribution in [0.2, 0.25) is 5.02 Å². The second kappa shape index (κ2) is 5.43. The van der Waals surface area contributed by atoms with Crippen molar-refractivity contribution in [1.29, 1.82) is 0 Å². The molecule has 2 aromatic rings. The predicted octanol–water partition coefficient (Wildman–Crippen LogP) is 5.40. The minimum absolute atomic E-state index is 0.718. The van der Waals surface area contributed by atoms with Crippen molar-refractivity contribution in [2.24, 2.45) is 0 Å². The van der Waals surface area contributed by atoms with Gasteiger partial charge < -0.3 is 10.5 Å². The van der Waals surface area contributed by atoms with Crippen LogP contribution in [0.5, 0.6) is 11.5 Å². The highest BCUT2D eigenvalue weighted by Gasteiger charge is 2.10. The Morgan fingerprint density at radius 3 is 2.16 bits per heavy atom. The Morgan fingerprint density at radius 2 is 1.58 bits per heavy atom. The Bertz CT molecular complexity index is 617. The second-order valence-electron chi connectivity index (χ2n) is 4.61. The predicted molar refractivity (Wildman–Crippen MR) is 84.3 cm³/mol. The molecular weight excluding hydrogens is 326 g/mol. The van der Waals surface area contributed by atoms with Gasteiger partial charge in [0.15, 0.2) is 0 Å². The van der Waals surface area contributed by atoms with Crippen LogP contribution in [0.4, 0.5) is 5.69 Å². The third kappa shape index (κ3) is 3.04. The molecule has 0 amide bonds. The lowest BCUT2D eigenvalue weighted by molar-refractivity contribution is 0.472. The summed E-state index contributed by atoms with van der Waals surface area (Å²) in [5.74, 6) is 1.58. The zero-order chi connectivity index (χ0) is 14.2. The fourth-order valence-electron chi connectivity index (χ4n) is 1.92. The van der Waals surface area contributed by atoms with Crippen molar-refractivity contribution in [2.75, 3.05) is 5.73 Å². The van der Waals surface area contributed by atoms with E-state index in [9.17, 15) is 0 Å². The third-order valence-corrected chi connectivity index (χ3v) is 3.80. The Morgan fingerprint density at radius 1 is 1.00 bits per heavy atom. The Hall–Kier alpha value is -1.19. The standard InChI is InChI=1S/C15H15BrClNO/c1-8-6-14(12(16)7-13(8)18)19-15-9(2)4-11(17)5-10(15)3/h4-7H,18H2,1-3H3. The number of benzene rings is 2. The minimum atomic E-state index is 0.718. The SMILES string of the molecule is Cc1cc(Oc2c(C)cc(Cl)cc2C)c(Br)cc1N. The highest BCUT2D eigenvalue weighted by Crippen LogP contribution is 2.36. The topological polar surface area (TPSA) is 35.2 Å². The Labute approximate surface area is 126 Å². The van der Waals surface area contributed by atoms with Crippen molar-refractivity contribution in [3.05, 3.63) is 50.5 Å². The van der Waals surface area contributed by atoms with E-state index < -0.39 is 0 Å². The summed E-state index contributed by atoms with van der Waals surface area (Å²) in [7, 11) is 0. The van der Waals surface area contributed by atoms with Gasteiger partial charge in [0.2, 0.25) is 0 Å². The van der Waals surface area contributed by atoms with Crippen molar-refractivity contribution in [1.82, 2.24) is 0 Å². The van der Waals surface area contributed by atoms with Crippen LogP contribution in [-0.4, -0.2) is 0 Å². The average molecular weight is 341 g/mol. The van der Waals surface area contributed by atoms with Crippen LogP contribution in [0.1, 0.15) is 16.7 Å². The lowest BCUT2D eigenvalue weighted by Crippen LogP contribution is -1.95. The molecule has 0 aliphatic heterocycles. The van der Waals surface area contributed by atoms with Crippen molar-refractivity contribution < 1.29 is 4.74 Å². The van der Waals surface area contributed by atoms with Gasteiger partial charge in [-0.15, -0.1) is 0 Å². The molecular formula is C15H15BrClNO. The van der Waals surface area contributed by atoms with E-state index in [2.05, 4.69) is 15.9 Å². The summed E-state index contributed by atoms with van der Waals surface area (Å²) >= 11 is 9.49. The smallest absolute Gasteiger partial charge is 0.142 e. The van der Waals surface area contributed by atoms with Gasteiger partial charge in [0.05, 0.1) is 4.47 Å². The molecule has 2 nitrogen and oxygen atoms in total. The maximum atomic E-state index is 6.02. The van der Waals surface area contributed by atoms with Gasteiger partial charge in [-0.25, -0.2) is 0 Å². The van der Waals surface area contributed by atoms with E-state index in [0.29, 0.717) is 0 Å². The molecule has 0 aliphatic rings. The van der Waals surface area contributed by atoms with Gasteiger partial charge in [0, 0.05) is 10.7 Å². The Kier molecular flexibility index (Phi) is 4.07. The maximum Gasteiger partial charge on any atom is 0.142 e. The highest BCUT2D eigenvalue weighted by molar-refractivity contribution is 9.10. The molecule has 0 atom stereocenters. The van der Waals surface area contributed by atoms with Gasteiger partial charge in [0.25, 0.3) is 0 Å². The molecule has 4 heteroatoms. The van der Waals surface area contributed by atoms with Gasteiger partial charge in [-0.05, 0) is 77.7 Å². The quantitative estimate of drug-likeness (QED) is 0.743. The first-order chi connectivity index (χ1) is 8.88. The summed E-state index contributed by atoms with van der Waals surface area (Å²) in [5.41, 5.74) is 9.60. The van der Waals surface area contributed by atoms with E-state index in [1.54, 1.807) is 0 Å². The van der Waals surface area contributed by atoms with Crippen molar-refractivity contribution in [3.63, 3.8) is 0 Å². The summed E-state index contributed by atoms with van der Waals surface area (Å²) in [4.78, 5) is 0. The Balaban J connectivity index is 2.45. The average Bonchev–Trinajstić information content (AvgIpc) is 2.29. The van der Waals surface area contributed by atoms with Crippen LogP contribution >= 0.6 is 27.5 Å². The molecule has 2 N–H and O–H groups in total. The summed E-state index contributed by atoms with van der Waals surface area (Å²) in [6, 6.07) is 7.56. The van der Waals surface area contributed by atoms with Gasteiger partial charge in [-0.1, -0.05) is 11.6 Å². The summed E-state index contributed by atoms with van der Waals surface area (Å²) in [5, 5.41) is 0.718. The van der Waals surface area contributed by atoms with Crippen molar-refractivity contribution in [3.8, 4) is 11.5 Å². The molecule has 2 aromatic carbocycles. The highest BCUT2D eigenvalue weighted by atomic mass is 79.9. The fourth-order valence-corrected chi connectivity index (χ4v) is 2.69. The van der Waals surface area contributed by atoms with Gasteiger partial charge in [0.1, 0.15) is 11.5 Å². The summed E-state index contributed by atoms with van der Waals surface area (Å²) in [6.07, 6.45) is 0. The number of nitrogen functional groups attached to an aromatic ring is 1. The first-order valence-corrected chi connectivity index (χ1v) is 7.06. The zero-order valence-corrected chi connectivity index (χ0v) is 13.4. The van der Waals surface area contributed by atoms with E-state index >= 15 is 0 Å². The molecule has 0 fully saturated rings. The normalized spacial score (nSPS) is 10.6. The molecule has 100 valence electrons. The number of ether oxygens (including phenoxy) is 1. The van der Waals surface area contributed by atoms with E-state index in [4.69, 9.17) is 22.1 Å². The summed E-state index contributed by atoms with van der Waals surface area (Å²) < 4.78 is 6.84. The summed E-state index contributed by atoms with van der Waals surface area (Å²) in [6.45, 7) is 5.91. The number of hydrogen-bond donors (Lipinski definition) is 1. The minimum Gasteiger partial charge on any atom is -0.456 e. The van der Waals surface area contributed by atoms with Crippen LogP contribution in [0.25, 0.3) is 0 Å². The molecule has 0 spiro atoms. The number of nitrogens with two attached hydrogens (primary N) is 1. The fraction of sp³-hybridized carbons (Fsp3) is 0.200. The number of hydrogen-bond acceptors (Lipinski definition) is 2. The van der Waals surface area contributed by atoms with E-state index in [1.165, 1.54) is 0 Å². The van der Waals surface area contributed by atoms with Gasteiger partial charge in [-0.3, -0.25) is 0 Å². The maximum absolute atomic E-state index is 6.02. The molecule has 0 unspecified atom stereocenters. The molecule has 0 bridgehead atoms. The number of aryl methyl sites for hydroxylation is 3. The lowest BCUT2D eigenvalue weighted by atomic mass is 10.1. The van der Waals surface area contributed by atoms with Crippen LogP contribution in [0.3, 0.4) is 0 Å². The van der Waals surface area contributed by atoms with Crippen LogP contribution in [-0.2, 0) is 0 Å². The monoisotopic (exact) mass is 339 g/mol. The van der Waals surface area contributed by atoms with Crippen molar-refractivity contribution in [2.45, 2.75) is 20.8 Å². The van der Waals surface area contributed by atoms with E-state index in [-0.39, 0.29) is 0 Å². The molecule has 0 aliphatic carbocycles. The van der Waals surface area contributed by atoms with Gasteiger partial charge >= 0.3 is 0 Å². The van der Waals surface area contributed by atoms with Crippen LogP contribution < -0.4 is 10.5 Å².